The summed E-state index contributed by atoms with van der Waals surface area (Å²) >= 11 is 0. The Bertz CT molecular complexity index is 558. The van der Waals surface area contributed by atoms with E-state index < -0.39 is 11.2 Å². The van der Waals surface area contributed by atoms with E-state index in [2.05, 4.69) is 15.7 Å². The van der Waals surface area contributed by atoms with Crippen molar-refractivity contribution in [3.63, 3.8) is 0 Å². The zero-order valence-electron chi connectivity index (χ0n) is 10.9. The van der Waals surface area contributed by atoms with E-state index in [1.165, 1.54) is 14.1 Å². The number of nitrogens with one attached hydrogen (secondary N) is 2. The highest BCUT2D eigenvalue weighted by Gasteiger charge is 2.10. The van der Waals surface area contributed by atoms with Gasteiger partial charge in [-0.3, -0.25) is 14.2 Å². The van der Waals surface area contributed by atoms with Gasteiger partial charge in [0.25, 0.3) is 5.56 Å². The second-order valence-electron chi connectivity index (χ2n) is 4.19. The van der Waals surface area contributed by atoms with E-state index in [0.29, 0.717) is 0 Å². The normalized spacial score (nSPS) is 10.5. The van der Waals surface area contributed by atoms with Gasteiger partial charge in [0.1, 0.15) is 0 Å². The standard InChI is InChI=1S/C10H17N5O3/c1-6(2)12-7(16)5-11-8-9(17)14(3)10(18)15(4)13-8/h6H,5H2,1-4H3,(H,11,13)(H,12,16). The molecule has 100 valence electrons. The highest BCUT2D eigenvalue weighted by molar-refractivity contribution is 5.80. The maximum Gasteiger partial charge on any atom is 0.346 e. The molecule has 0 saturated heterocycles. The molecule has 2 N–H and O–H groups in total. The van der Waals surface area contributed by atoms with Crippen LogP contribution >= 0.6 is 0 Å². The van der Waals surface area contributed by atoms with Crippen LogP contribution in [0.3, 0.4) is 0 Å². The molecule has 8 nitrogen and oxygen atoms in total. The molecule has 1 aromatic rings. The maximum atomic E-state index is 11.7. The first-order chi connectivity index (χ1) is 8.32. The minimum atomic E-state index is -0.560. The summed E-state index contributed by atoms with van der Waals surface area (Å²) in [5, 5.41) is 9.04. The van der Waals surface area contributed by atoms with Crippen molar-refractivity contribution in [3.05, 3.63) is 20.8 Å². The molecule has 0 spiro atoms. The topological polar surface area (TPSA) is 98.0 Å². The van der Waals surface area contributed by atoms with Crippen LogP contribution in [0.2, 0.25) is 0 Å². The van der Waals surface area contributed by atoms with E-state index in [-0.39, 0.29) is 24.3 Å². The van der Waals surface area contributed by atoms with Crippen molar-refractivity contribution in [2.24, 2.45) is 14.1 Å². The lowest BCUT2D eigenvalue weighted by Crippen LogP contribution is -2.41. The molecule has 0 bridgehead atoms. The number of hydrogen-bond donors (Lipinski definition) is 2. The second-order valence-corrected chi connectivity index (χ2v) is 4.19. The summed E-state index contributed by atoms with van der Waals surface area (Å²) < 4.78 is 1.96. The van der Waals surface area contributed by atoms with Crippen molar-refractivity contribution in [1.82, 2.24) is 19.7 Å². The van der Waals surface area contributed by atoms with Crippen molar-refractivity contribution >= 4 is 11.7 Å². The minimum absolute atomic E-state index is 0.0234. The van der Waals surface area contributed by atoms with Gasteiger partial charge in [-0.25, -0.2) is 9.48 Å². The fourth-order valence-corrected chi connectivity index (χ4v) is 1.35. The molecule has 18 heavy (non-hydrogen) atoms. The summed E-state index contributed by atoms with van der Waals surface area (Å²) in [6, 6.07) is 0.0234. The number of carbonyl (C=O) groups excluding carboxylic acids is 1. The third kappa shape index (κ3) is 3.19. The summed E-state index contributed by atoms with van der Waals surface area (Å²) in [5.41, 5.74) is -1.08. The first kappa shape index (κ1) is 13.9. The van der Waals surface area contributed by atoms with Crippen LogP contribution in [0, 0.1) is 0 Å². The van der Waals surface area contributed by atoms with E-state index in [9.17, 15) is 14.4 Å². The molecule has 0 unspecified atom stereocenters. The SMILES string of the molecule is CC(C)NC(=O)CNc1nn(C)c(=O)n(C)c1=O. The van der Waals surface area contributed by atoms with Gasteiger partial charge >= 0.3 is 5.69 Å². The number of nitrogens with zero attached hydrogens (tertiary/aromatic N) is 3. The average molecular weight is 255 g/mol. The van der Waals surface area contributed by atoms with E-state index in [4.69, 9.17) is 0 Å². The highest BCUT2D eigenvalue weighted by atomic mass is 16.2. The van der Waals surface area contributed by atoms with Crippen molar-refractivity contribution < 1.29 is 4.79 Å². The van der Waals surface area contributed by atoms with Crippen LogP contribution in [0.15, 0.2) is 9.59 Å². The van der Waals surface area contributed by atoms with Gasteiger partial charge in [-0.15, -0.1) is 5.10 Å². The fourth-order valence-electron chi connectivity index (χ4n) is 1.35. The lowest BCUT2D eigenvalue weighted by molar-refractivity contribution is -0.119. The number of hydrogen-bond acceptors (Lipinski definition) is 5. The molecule has 1 heterocycles. The van der Waals surface area contributed by atoms with Gasteiger partial charge in [-0.05, 0) is 13.8 Å². The molecule has 1 aromatic heterocycles. The number of carbonyl (C=O) groups is 1. The summed E-state index contributed by atoms with van der Waals surface area (Å²) in [5.74, 6) is -0.277. The number of rotatable bonds is 4. The zero-order chi connectivity index (χ0) is 13.9. The summed E-state index contributed by atoms with van der Waals surface area (Å²) in [6.07, 6.45) is 0. The molecule has 1 amide bonds. The first-order valence-corrected chi connectivity index (χ1v) is 5.50. The van der Waals surface area contributed by atoms with Gasteiger partial charge in [0.15, 0.2) is 0 Å². The summed E-state index contributed by atoms with van der Waals surface area (Å²) in [6.45, 7) is 3.60. The Hall–Kier alpha value is -2.12. The van der Waals surface area contributed by atoms with E-state index in [1.807, 2.05) is 13.8 Å². The molecule has 0 fully saturated rings. The average Bonchev–Trinajstić information content (AvgIpc) is 2.28. The Morgan fingerprint density at radius 1 is 1.33 bits per heavy atom. The van der Waals surface area contributed by atoms with Crippen LogP contribution in [0.5, 0.6) is 0 Å². The minimum Gasteiger partial charge on any atom is -0.355 e. The van der Waals surface area contributed by atoms with Gasteiger partial charge in [0, 0.05) is 20.1 Å². The Labute approximate surface area is 104 Å². The molecule has 1 rings (SSSR count). The van der Waals surface area contributed by atoms with Crippen LogP contribution in [-0.2, 0) is 18.9 Å². The monoisotopic (exact) mass is 255 g/mol. The lowest BCUT2D eigenvalue weighted by Gasteiger charge is -2.10. The Morgan fingerprint density at radius 3 is 2.50 bits per heavy atom. The zero-order valence-corrected chi connectivity index (χ0v) is 10.9. The van der Waals surface area contributed by atoms with Crippen molar-refractivity contribution in [3.8, 4) is 0 Å². The van der Waals surface area contributed by atoms with Crippen LogP contribution in [0.4, 0.5) is 5.82 Å². The van der Waals surface area contributed by atoms with Crippen LogP contribution in [-0.4, -0.2) is 32.8 Å². The smallest absolute Gasteiger partial charge is 0.346 e. The third-order valence-corrected chi connectivity index (χ3v) is 2.19. The van der Waals surface area contributed by atoms with Crippen LogP contribution in [0.25, 0.3) is 0 Å². The Morgan fingerprint density at radius 2 is 1.94 bits per heavy atom. The van der Waals surface area contributed by atoms with E-state index >= 15 is 0 Å². The molecular formula is C10H17N5O3. The Balaban J connectivity index is 2.84. The van der Waals surface area contributed by atoms with Gasteiger partial charge in [-0.2, -0.15) is 0 Å². The molecule has 0 atom stereocenters. The lowest BCUT2D eigenvalue weighted by atomic mass is 10.4. The predicted octanol–water partition coefficient (Wildman–Crippen LogP) is -1.58. The molecule has 0 aromatic carbocycles. The van der Waals surface area contributed by atoms with Crippen LogP contribution < -0.4 is 21.9 Å². The van der Waals surface area contributed by atoms with Gasteiger partial charge in [0.05, 0.1) is 6.54 Å². The summed E-state index contributed by atoms with van der Waals surface area (Å²) in [7, 11) is 2.78. The molecule has 0 aliphatic heterocycles. The number of aryl methyl sites for hydroxylation is 1. The molecule has 0 aliphatic carbocycles. The number of amides is 1. The molecule has 8 heteroatoms. The van der Waals surface area contributed by atoms with Crippen molar-refractivity contribution in [1.29, 1.82) is 0 Å². The largest absolute Gasteiger partial charge is 0.355 e. The fraction of sp³-hybridized carbons (Fsp3) is 0.600. The molecular weight excluding hydrogens is 238 g/mol. The number of aromatic nitrogens is 3. The molecule has 0 saturated carbocycles. The third-order valence-electron chi connectivity index (χ3n) is 2.19. The van der Waals surface area contributed by atoms with Crippen molar-refractivity contribution in [2.45, 2.75) is 19.9 Å². The van der Waals surface area contributed by atoms with Gasteiger partial charge < -0.3 is 10.6 Å². The van der Waals surface area contributed by atoms with Gasteiger partial charge in [0.2, 0.25) is 11.7 Å². The number of anilines is 1. The first-order valence-electron chi connectivity index (χ1n) is 5.50. The van der Waals surface area contributed by atoms with Crippen molar-refractivity contribution in [2.75, 3.05) is 11.9 Å². The highest BCUT2D eigenvalue weighted by Crippen LogP contribution is 1.88. The van der Waals surface area contributed by atoms with Crippen LogP contribution in [0.1, 0.15) is 13.8 Å². The molecule has 0 radical (unpaired) electrons. The van der Waals surface area contributed by atoms with E-state index in [0.717, 1.165) is 9.25 Å². The van der Waals surface area contributed by atoms with Gasteiger partial charge in [-0.1, -0.05) is 0 Å². The summed E-state index contributed by atoms with van der Waals surface area (Å²) in [4.78, 5) is 34.4. The maximum absolute atomic E-state index is 11.7. The molecule has 0 aliphatic rings. The quantitative estimate of drug-likeness (QED) is 0.676. The second kappa shape index (κ2) is 5.48. The predicted molar refractivity (Wildman–Crippen MR) is 66.5 cm³/mol. The Kier molecular flexibility index (Phi) is 4.24. The van der Waals surface area contributed by atoms with E-state index in [1.54, 1.807) is 0 Å².